The molecule has 0 saturated carbocycles. The van der Waals surface area contributed by atoms with Gasteiger partial charge in [0.15, 0.2) is 0 Å². The highest BCUT2D eigenvalue weighted by Crippen LogP contribution is 2.26. The Balaban J connectivity index is 1.48. The second-order valence-electron chi connectivity index (χ2n) is 9.86. The van der Waals surface area contributed by atoms with Crippen LogP contribution in [0.1, 0.15) is 55.9 Å². The number of carbonyl (C=O) groups is 2. The van der Waals surface area contributed by atoms with Crippen LogP contribution in [0.4, 0.5) is 11.4 Å². The molecule has 0 radical (unpaired) electrons. The first-order chi connectivity index (χ1) is 19.0. The van der Waals surface area contributed by atoms with E-state index >= 15 is 0 Å². The number of sulfonamides is 1. The molecule has 4 aromatic rings. The third-order valence-electron chi connectivity index (χ3n) is 6.64. The Hall–Kier alpha value is -4.43. The second-order valence-corrected chi connectivity index (χ2v) is 11.8. The van der Waals surface area contributed by atoms with Crippen LogP contribution < -0.4 is 14.9 Å². The average Bonchev–Trinajstić information content (AvgIpc) is 2.93. The number of nitrogens with one attached hydrogen (secondary N) is 2. The quantitative estimate of drug-likeness (QED) is 0.264. The first kappa shape index (κ1) is 28.6. The first-order valence-corrected chi connectivity index (χ1v) is 14.8. The molecule has 0 spiro atoms. The lowest BCUT2D eigenvalue weighted by Crippen LogP contribution is -2.30. The van der Waals surface area contributed by atoms with Crippen LogP contribution in [0.3, 0.4) is 0 Å². The summed E-state index contributed by atoms with van der Waals surface area (Å²) in [6.45, 7) is 5.83. The van der Waals surface area contributed by atoms with Gasteiger partial charge in [-0.15, -0.1) is 0 Å². The van der Waals surface area contributed by atoms with Crippen molar-refractivity contribution in [1.29, 1.82) is 0 Å². The van der Waals surface area contributed by atoms with E-state index < -0.39 is 10.0 Å². The lowest BCUT2D eigenvalue weighted by molar-refractivity contribution is 0.0940. The predicted octanol–water partition coefficient (Wildman–Crippen LogP) is 6.01. The molecule has 0 aromatic heterocycles. The number of hydrogen-bond acceptors (Lipinski definition) is 4. The minimum atomic E-state index is -3.55. The molecule has 4 aromatic carbocycles. The van der Waals surface area contributed by atoms with E-state index in [1.807, 2.05) is 69.3 Å². The van der Waals surface area contributed by atoms with Crippen molar-refractivity contribution in [2.75, 3.05) is 15.9 Å². The number of aryl methyl sites for hydroxylation is 2. The van der Waals surface area contributed by atoms with Gasteiger partial charge in [-0.1, -0.05) is 66.7 Å². The van der Waals surface area contributed by atoms with Gasteiger partial charge in [0.05, 0.1) is 35.8 Å². The molecule has 40 heavy (non-hydrogen) atoms. The molecule has 0 fully saturated rings. The number of nitrogens with zero attached hydrogens (tertiary/aromatic N) is 1. The van der Waals surface area contributed by atoms with Gasteiger partial charge in [0.1, 0.15) is 0 Å². The molecule has 2 amide bonds. The molecular formula is C32H33N3O4S. The second kappa shape index (κ2) is 12.2. The predicted molar refractivity (Wildman–Crippen MR) is 160 cm³/mol. The molecule has 0 heterocycles. The van der Waals surface area contributed by atoms with E-state index in [9.17, 15) is 18.0 Å². The van der Waals surface area contributed by atoms with E-state index in [4.69, 9.17) is 0 Å². The summed E-state index contributed by atoms with van der Waals surface area (Å²) in [5.74, 6) is -0.674. The Labute approximate surface area is 235 Å². The zero-order valence-corrected chi connectivity index (χ0v) is 23.8. The lowest BCUT2D eigenvalue weighted by Gasteiger charge is -2.25. The van der Waals surface area contributed by atoms with Gasteiger partial charge in [0, 0.05) is 5.56 Å². The van der Waals surface area contributed by atoms with E-state index in [1.165, 1.54) is 10.6 Å². The van der Waals surface area contributed by atoms with Crippen LogP contribution in [0.2, 0.25) is 0 Å². The van der Waals surface area contributed by atoms with Gasteiger partial charge in [0.2, 0.25) is 10.0 Å². The summed E-state index contributed by atoms with van der Waals surface area (Å²) in [6, 6.07) is 28.7. The van der Waals surface area contributed by atoms with Crippen LogP contribution in [0.15, 0.2) is 97.1 Å². The number of para-hydroxylation sites is 1. The maximum atomic E-state index is 13.1. The van der Waals surface area contributed by atoms with Crippen molar-refractivity contribution in [1.82, 2.24) is 5.32 Å². The average molecular weight is 556 g/mol. The largest absolute Gasteiger partial charge is 0.345 e. The van der Waals surface area contributed by atoms with Gasteiger partial charge in [-0.05, 0) is 73.4 Å². The van der Waals surface area contributed by atoms with Crippen molar-refractivity contribution in [3.05, 3.63) is 130 Å². The van der Waals surface area contributed by atoms with Crippen molar-refractivity contribution in [2.24, 2.45) is 0 Å². The SMILES string of the molecule is Cc1ccc(C)c(N(Cc2ccc(C(=O)Nc3ccccc3C(=O)NC(C)c3ccccc3)cc2)S(C)(=O)=O)c1. The van der Waals surface area contributed by atoms with Crippen LogP contribution in [0.5, 0.6) is 0 Å². The zero-order valence-electron chi connectivity index (χ0n) is 23.0. The van der Waals surface area contributed by atoms with Crippen LogP contribution in [-0.4, -0.2) is 26.5 Å². The number of carbonyl (C=O) groups excluding carboxylic acids is 2. The Kier molecular flexibility index (Phi) is 8.70. The lowest BCUT2D eigenvalue weighted by atomic mass is 10.1. The number of amides is 2. The molecule has 0 aliphatic rings. The normalized spacial score (nSPS) is 11.9. The maximum absolute atomic E-state index is 13.1. The van der Waals surface area contributed by atoms with E-state index in [0.29, 0.717) is 22.5 Å². The molecule has 1 atom stereocenters. The molecule has 0 bridgehead atoms. The van der Waals surface area contributed by atoms with Gasteiger partial charge < -0.3 is 10.6 Å². The van der Waals surface area contributed by atoms with Crippen molar-refractivity contribution < 1.29 is 18.0 Å². The topological polar surface area (TPSA) is 95.6 Å². The summed E-state index contributed by atoms with van der Waals surface area (Å²) in [4.78, 5) is 26.1. The molecule has 7 nitrogen and oxygen atoms in total. The molecule has 8 heteroatoms. The van der Waals surface area contributed by atoms with E-state index in [0.717, 1.165) is 22.3 Å². The third kappa shape index (κ3) is 6.95. The fourth-order valence-corrected chi connectivity index (χ4v) is 5.32. The summed E-state index contributed by atoms with van der Waals surface area (Å²) in [6.07, 6.45) is 1.19. The smallest absolute Gasteiger partial charge is 0.255 e. The summed E-state index contributed by atoms with van der Waals surface area (Å²) in [5.41, 5.74) is 5.29. The summed E-state index contributed by atoms with van der Waals surface area (Å²) in [7, 11) is -3.55. The summed E-state index contributed by atoms with van der Waals surface area (Å²) < 4.78 is 26.7. The maximum Gasteiger partial charge on any atom is 0.255 e. The summed E-state index contributed by atoms with van der Waals surface area (Å²) >= 11 is 0. The van der Waals surface area contributed by atoms with Gasteiger partial charge in [-0.2, -0.15) is 0 Å². The van der Waals surface area contributed by atoms with Gasteiger partial charge >= 0.3 is 0 Å². The van der Waals surface area contributed by atoms with Crippen molar-refractivity contribution >= 4 is 33.2 Å². The van der Waals surface area contributed by atoms with E-state index in [-0.39, 0.29) is 24.4 Å². The van der Waals surface area contributed by atoms with E-state index in [1.54, 1.807) is 48.5 Å². The Morgan fingerprint density at radius 1 is 0.825 bits per heavy atom. The van der Waals surface area contributed by atoms with Gasteiger partial charge in [-0.25, -0.2) is 8.42 Å². The first-order valence-electron chi connectivity index (χ1n) is 12.9. The molecule has 206 valence electrons. The van der Waals surface area contributed by atoms with Crippen molar-refractivity contribution in [2.45, 2.75) is 33.4 Å². The van der Waals surface area contributed by atoms with Crippen molar-refractivity contribution in [3.8, 4) is 0 Å². The standard InChI is InChI=1S/C32H33N3O4S/c1-22-14-15-23(2)30(20-22)35(40(4,38)39)21-25-16-18-27(19-17-25)31(36)34-29-13-9-8-12-28(29)32(37)33-24(3)26-10-6-5-7-11-26/h5-20,24H,21H2,1-4H3,(H,33,37)(H,34,36). The molecule has 1 unspecified atom stereocenters. The zero-order chi connectivity index (χ0) is 28.9. The molecular weight excluding hydrogens is 522 g/mol. The van der Waals surface area contributed by atoms with Crippen LogP contribution >= 0.6 is 0 Å². The fraction of sp³-hybridized carbons (Fsp3) is 0.188. The number of benzene rings is 4. The van der Waals surface area contributed by atoms with Crippen LogP contribution in [0.25, 0.3) is 0 Å². The number of rotatable bonds is 9. The molecule has 0 aliphatic heterocycles. The third-order valence-corrected chi connectivity index (χ3v) is 7.77. The highest BCUT2D eigenvalue weighted by atomic mass is 32.2. The Morgan fingerprint density at radius 2 is 1.48 bits per heavy atom. The van der Waals surface area contributed by atoms with Gasteiger partial charge in [0.25, 0.3) is 11.8 Å². The minimum absolute atomic E-state index is 0.133. The number of hydrogen-bond donors (Lipinski definition) is 2. The van der Waals surface area contributed by atoms with Crippen molar-refractivity contribution in [3.63, 3.8) is 0 Å². The number of anilines is 2. The van der Waals surface area contributed by atoms with E-state index in [2.05, 4.69) is 10.6 Å². The highest BCUT2D eigenvalue weighted by molar-refractivity contribution is 7.92. The van der Waals surface area contributed by atoms with Crippen LogP contribution in [-0.2, 0) is 16.6 Å². The monoisotopic (exact) mass is 555 g/mol. The van der Waals surface area contributed by atoms with Gasteiger partial charge in [-0.3, -0.25) is 13.9 Å². The molecule has 0 aliphatic carbocycles. The molecule has 4 rings (SSSR count). The summed E-state index contributed by atoms with van der Waals surface area (Å²) in [5, 5.41) is 5.82. The fourth-order valence-electron chi connectivity index (χ4n) is 4.38. The van der Waals surface area contributed by atoms with Crippen LogP contribution in [0, 0.1) is 13.8 Å². The Bertz CT molecular complexity index is 1620. The molecule has 2 N–H and O–H groups in total. The molecule has 0 saturated heterocycles. The minimum Gasteiger partial charge on any atom is -0.345 e. The highest BCUT2D eigenvalue weighted by Gasteiger charge is 2.21. The Morgan fingerprint density at radius 3 is 2.15 bits per heavy atom.